The van der Waals surface area contributed by atoms with Crippen molar-refractivity contribution in [2.24, 2.45) is 5.92 Å². The Kier molecular flexibility index (Phi) is 5.03. The van der Waals surface area contributed by atoms with Gasteiger partial charge in [-0.25, -0.2) is 5.06 Å². The maximum absolute atomic E-state index is 13.5. The first-order valence-electron chi connectivity index (χ1n) is 10.4. The number of para-hydroxylation sites is 2. The molecule has 0 unspecified atom stereocenters. The van der Waals surface area contributed by atoms with Gasteiger partial charge in [0.1, 0.15) is 12.0 Å². The Hall–Kier alpha value is -3.84. The zero-order valence-electron chi connectivity index (χ0n) is 17.4. The van der Waals surface area contributed by atoms with Crippen molar-refractivity contribution >= 4 is 17.5 Å². The van der Waals surface area contributed by atoms with Crippen molar-refractivity contribution in [1.29, 1.82) is 0 Å². The maximum Gasteiger partial charge on any atom is 0.262 e. The Morgan fingerprint density at radius 1 is 0.906 bits per heavy atom. The number of rotatable bonds is 5. The van der Waals surface area contributed by atoms with Crippen LogP contribution in [-0.4, -0.2) is 35.0 Å². The molecule has 162 valence electrons. The molecule has 3 atom stereocenters. The van der Waals surface area contributed by atoms with Gasteiger partial charge in [-0.15, -0.1) is 0 Å². The van der Waals surface area contributed by atoms with Crippen LogP contribution >= 0.6 is 0 Å². The Morgan fingerprint density at radius 3 is 2.28 bits per heavy atom. The van der Waals surface area contributed by atoms with E-state index in [4.69, 9.17) is 9.57 Å². The monoisotopic (exact) mass is 430 g/mol. The molecular formula is C25H22N2O5. The number of hydrogen-bond donors (Lipinski definition) is 1. The number of aromatic hydroxyl groups is 1. The second kappa shape index (κ2) is 8.01. The van der Waals surface area contributed by atoms with E-state index in [1.54, 1.807) is 23.3 Å². The first-order valence-corrected chi connectivity index (χ1v) is 10.4. The first kappa shape index (κ1) is 20.1. The minimum atomic E-state index is -0.970. The molecule has 1 N–H and O–H groups in total. The Morgan fingerprint density at radius 2 is 1.59 bits per heavy atom. The number of fused-ring (bicyclic) bond motifs is 1. The van der Waals surface area contributed by atoms with Gasteiger partial charge in [0.25, 0.3) is 5.91 Å². The van der Waals surface area contributed by atoms with Gasteiger partial charge in [-0.3, -0.25) is 19.3 Å². The summed E-state index contributed by atoms with van der Waals surface area (Å²) in [7, 11) is 1.47. The zero-order valence-corrected chi connectivity index (χ0v) is 17.4. The summed E-state index contributed by atoms with van der Waals surface area (Å²) in [4.78, 5) is 34.1. The molecule has 0 saturated carbocycles. The molecule has 0 bridgehead atoms. The van der Waals surface area contributed by atoms with Crippen LogP contribution in [0.1, 0.15) is 17.2 Å². The summed E-state index contributed by atoms with van der Waals surface area (Å²) >= 11 is 0. The molecular weight excluding hydrogens is 408 g/mol. The number of benzene rings is 3. The minimum Gasteiger partial charge on any atom is -0.504 e. The molecule has 0 aromatic heterocycles. The smallest absolute Gasteiger partial charge is 0.262 e. The Bertz CT molecular complexity index is 1150. The number of nitrogens with zero attached hydrogens (tertiary/aromatic N) is 2. The first-order chi connectivity index (χ1) is 15.6. The number of phenols is 1. The third-order valence-electron chi connectivity index (χ3n) is 5.97. The quantitative estimate of drug-likeness (QED) is 0.625. The van der Waals surface area contributed by atoms with Gasteiger partial charge in [0.05, 0.1) is 19.3 Å². The molecule has 0 radical (unpaired) electrons. The van der Waals surface area contributed by atoms with Crippen LogP contribution in [0.3, 0.4) is 0 Å². The molecule has 2 saturated heterocycles. The van der Waals surface area contributed by atoms with Crippen LogP contribution in [0.5, 0.6) is 11.5 Å². The minimum absolute atomic E-state index is 0.0769. The fourth-order valence-electron chi connectivity index (χ4n) is 4.45. The zero-order chi connectivity index (χ0) is 22.2. The highest BCUT2D eigenvalue weighted by Crippen LogP contribution is 2.50. The van der Waals surface area contributed by atoms with E-state index in [1.165, 1.54) is 12.0 Å². The van der Waals surface area contributed by atoms with Crippen LogP contribution in [-0.2, 0) is 21.0 Å². The van der Waals surface area contributed by atoms with Gasteiger partial charge in [0, 0.05) is 5.56 Å². The number of likely N-dealkylation sites (tertiary alicyclic amines) is 1. The SMILES string of the molecule is COc1cccc([C@@H]2[C@@H]3C(=O)N(Cc4ccccc4)C(=O)[C@@H]3ON2c2ccccc2)c1O. The van der Waals surface area contributed by atoms with E-state index < -0.39 is 18.1 Å². The van der Waals surface area contributed by atoms with E-state index >= 15 is 0 Å². The van der Waals surface area contributed by atoms with Crippen molar-refractivity contribution in [1.82, 2.24) is 4.90 Å². The average Bonchev–Trinajstić information content (AvgIpc) is 3.32. The summed E-state index contributed by atoms with van der Waals surface area (Å²) in [5.41, 5.74) is 2.00. The number of hydroxylamine groups is 1. The predicted molar refractivity (Wildman–Crippen MR) is 117 cm³/mol. The lowest BCUT2D eigenvalue weighted by Gasteiger charge is -2.29. The standard InChI is InChI=1S/C25H22N2O5/c1-31-19-14-8-13-18(22(19)28)21-20-23(32-27(21)17-11-6-3-7-12-17)25(30)26(24(20)29)15-16-9-4-2-5-10-16/h2-14,20-21,23,28H,15H2,1H3/t20-,21+,23+/m0/s1. The number of methoxy groups -OCH3 is 1. The van der Waals surface area contributed by atoms with Gasteiger partial charge >= 0.3 is 0 Å². The predicted octanol–water partition coefficient (Wildman–Crippen LogP) is 3.45. The molecule has 0 aliphatic carbocycles. The molecule has 0 spiro atoms. The summed E-state index contributed by atoms with van der Waals surface area (Å²) in [5.74, 6) is -1.29. The number of ether oxygens (including phenoxy) is 1. The van der Waals surface area contributed by atoms with Gasteiger partial charge in [-0.1, -0.05) is 60.7 Å². The van der Waals surface area contributed by atoms with Crippen molar-refractivity contribution in [3.05, 3.63) is 90.0 Å². The van der Waals surface area contributed by atoms with Crippen LogP contribution in [0.4, 0.5) is 5.69 Å². The van der Waals surface area contributed by atoms with E-state index in [1.807, 2.05) is 60.7 Å². The third kappa shape index (κ3) is 3.18. The van der Waals surface area contributed by atoms with E-state index in [2.05, 4.69) is 0 Å². The van der Waals surface area contributed by atoms with Crippen molar-refractivity contribution < 1.29 is 24.3 Å². The number of hydrogen-bond acceptors (Lipinski definition) is 6. The summed E-state index contributed by atoms with van der Waals surface area (Å²) in [6.45, 7) is 0.178. The van der Waals surface area contributed by atoms with Crippen LogP contribution in [0.2, 0.25) is 0 Å². The molecule has 2 fully saturated rings. The topological polar surface area (TPSA) is 79.3 Å². The maximum atomic E-state index is 13.5. The van der Waals surface area contributed by atoms with Crippen molar-refractivity contribution in [2.45, 2.75) is 18.7 Å². The van der Waals surface area contributed by atoms with Gasteiger partial charge in [0.2, 0.25) is 5.91 Å². The van der Waals surface area contributed by atoms with Crippen molar-refractivity contribution in [3.63, 3.8) is 0 Å². The molecule has 3 aromatic rings. The number of phenolic OH excluding ortho intramolecular Hbond substituents is 1. The number of imide groups is 1. The lowest BCUT2D eigenvalue weighted by atomic mass is 9.90. The summed E-state index contributed by atoms with van der Waals surface area (Å²) < 4.78 is 5.27. The van der Waals surface area contributed by atoms with E-state index in [0.717, 1.165) is 5.56 Å². The Labute approximate surface area is 185 Å². The normalized spacial score (nSPS) is 22.3. The fraction of sp³-hybridized carbons (Fsp3) is 0.200. The molecule has 2 heterocycles. The van der Waals surface area contributed by atoms with Crippen LogP contribution in [0.25, 0.3) is 0 Å². The molecule has 7 heteroatoms. The van der Waals surface area contributed by atoms with E-state index in [-0.39, 0.29) is 29.9 Å². The summed E-state index contributed by atoms with van der Waals surface area (Å²) in [6.07, 6.45) is -0.970. The van der Waals surface area contributed by atoms with Crippen LogP contribution < -0.4 is 9.80 Å². The Balaban J connectivity index is 1.57. The molecule has 5 rings (SSSR count). The van der Waals surface area contributed by atoms with Crippen LogP contribution in [0.15, 0.2) is 78.9 Å². The molecule has 2 aliphatic rings. The van der Waals surface area contributed by atoms with E-state index in [0.29, 0.717) is 11.3 Å². The largest absolute Gasteiger partial charge is 0.504 e. The van der Waals surface area contributed by atoms with Crippen LogP contribution in [0, 0.1) is 5.92 Å². The fourth-order valence-corrected chi connectivity index (χ4v) is 4.45. The highest BCUT2D eigenvalue weighted by atomic mass is 16.7. The number of carbonyl (C=O) groups excluding carboxylic acids is 2. The second-order valence-corrected chi connectivity index (χ2v) is 7.80. The lowest BCUT2D eigenvalue weighted by molar-refractivity contribution is -0.143. The summed E-state index contributed by atoms with van der Waals surface area (Å²) in [5, 5.41) is 12.4. The highest BCUT2D eigenvalue weighted by molar-refractivity contribution is 6.07. The molecule has 7 nitrogen and oxygen atoms in total. The van der Waals surface area contributed by atoms with E-state index in [9.17, 15) is 14.7 Å². The second-order valence-electron chi connectivity index (χ2n) is 7.80. The molecule has 2 amide bonds. The highest BCUT2D eigenvalue weighted by Gasteiger charge is 2.60. The van der Waals surface area contributed by atoms with Gasteiger partial charge < -0.3 is 9.84 Å². The van der Waals surface area contributed by atoms with Gasteiger partial charge in [0.15, 0.2) is 17.6 Å². The number of anilines is 1. The van der Waals surface area contributed by atoms with Gasteiger partial charge in [-0.05, 0) is 23.8 Å². The van der Waals surface area contributed by atoms with Gasteiger partial charge in [-0.2, -0.15) is 0 Å². The molecule has 32 heavy (non-hydrogen) atoms. The molecule has 3 aromatic carbocycles. The summed E-state index contributed by atoms with van der Waals surface area (Å²) in [6, 6.07) is 23.0. The lowest BCUT2D eigenvalue weighted by Crippen LogP contribution is -2.37. The number of carbonyl (C=O) groups is 2. The average molecular weight is 430 g/mol. The van der Waals surface area contributed by atoms with Crippen molar-refractivity contribution in [2.75, 3.05) is 12.2 Å². The van der Waals surface area contributed by atoms with Crippen molar-refractivity contribution in [3.8, 4) is 11.5 Å². The third-order valence-corrected chi connectivity index (χ3v) is 5.97. The number of amides is 2. The molecule has 2 aliphatic heterocycles.